The van der Waals surface area contributed by atoms with Crippen LogP contribution in [-0.4, -0.2) is 57.9 Å². The molecule has 24 heavy (non-hydrogen) atoms. The Morgan fingerprint density at radius 3 is 2.67 bits per heavy atom. The second-order valence-electron chi connectivity index (χ2n) is 8.08. The lowest BCUT2D eigenvalue weighted by Crippen LogP contribution is -2.65. The fraction of sp³-hybridized carbons (Fsp3) is 0.632. The maximum atomic E-state index is 12.7. The van der Waals surface area contributed by atoms with Gasteiger partial charge in [0.15, 0.2) is 0 Å². The molecule has 0 radical (unpaired) electrons. The number of hydrogen-bond donors (Lipinski definition) is 1. The molecule has 0 saturated carbocycles. The van der Waals surface area contributed by atoms with Gasteiger partial charge in [-0.1, -0.05) is 30.3 Å². The molecule has 2 fully saturated rings. The summed E-state index contributed by atoms with van der Waals surface area (Å²) in [6, 6.07) is 10.5. The molecule has 0 aliphatic carbocycles. The van der Waals surface area contributed by atoms with Crippen LogP contribution >= 0.6 is 0 Å². The molecule has 2 atom stereocenters. The van der Waals surface area contributed by atoms with Crippen molar-refractivity contribution in [2.24, 2.45) is 0 Å². The van der Waals surface area contributed by atoms with Crippen molar-refractivity contribution < 1.29 is 14.6 Å². The van der Waals surface area contributed by atoms with Gasteiger partial charge < -0.3 is 9.84 Å². The van der Waals surface area contributed by atoms with Crippen LogP contribution in [0.25, 0.3) is 0 Å². The van der Waals surface area contributed by atoms with Crippen molar-refractivity contribution in [1.29, 1.82) is 0 Å². The summed E-state index contributed by atoms with van der Waals surface area (Å²) in [4.78, 5) is 16.8. The van der Waals surface area contributed by atoms with Crippen molar-refractivity contribution >= 4 is 6.09 Å². The maximum absolute atomic E-state index is 12.7. The summed E-state index contributed by atoms with van der Waals surface area (Å²) in [6.45, 7) is 7.98. The van der Waals surface area contributed by atoms with Crippen LogP contribution < -0.4 is 0 Å². The van der Waals surface area contributed by atoms with Crippen molar-refractivity contribution in [2.45, 2.75) is 57.3 Å². The van der Waals surface area contributed by atoms with Crippen molar-refractivity contribution in [3.8, 4) is 0 Å². The Morgan fingerprint density at radius 1 is 1.33 bits per heavy atom. The van der Waals surface area contributed by atoms with Crippen LogP contribution in [0.2, 0.25) is 0 Å². The molecule has 5 heteroatoms. The second-order valence-corrected chi connectivity index (χ2v) is 8.08. The molecular formula is C19H28N2O3. The Balaban J connectivity index is 1.75. The number of carbonyl (C=O) groups is 1. The lowest BCUT2D eigenvalue weighted by Gasteiger charge is -2.48. The van der Waals surface area contributed by atoms with Gasteiger partial charge in [-0.05, 0) is 39.2 Å². The lowest BCUT2D eigenvalue weighted by molar-refractivity contribution is -0.0515. The molecule has 1 N–H and O–H groups in total. The first-order chi connectivity index (χ1) is 11.3. The van der Waals surface area contributed by atoms with Crippen molar-refractivity contribution in [3.63, 3.8) is 0 Å². The Morgan fingerprint density at radius 2 is 2.04 bits per heavy atom. The van der Waals surface area contributed by atoms with Gasteiger partial charge in [0.1, 0.15) is 5.60 Å². The first-order valence-corrected chi connectivity index (χ1v) is 8.72. The van der Waals surface area contributed by atoms with E-state index in [1.807, 2.05) is 43.9 Å². The van der Waals surface area contributed by atoms with Gasteiger partial charge in [-0.2, -0.15) is 0 Å². The molecule has 3 rings (SSSR count). The van der Waals surface area contributed by atoms with Gasteiger partial charge in [-0.25, -0.2) is 4.79 Å². The highest BCUT2D eigenvalue weighted by molar-refractivity contribution is 5.70. The molecule has 2 heterocycles. The molecule has 2 saturated heterocycles. The number of piperazine rings is 1. The molecule has 1 aromatic rings. The number of rotatable bonds is 3. The molecule has 2 aliphatic heterocycles. The zero-order valence-corrected chi connectivity index (χ0v) is 14.9. The highest BCUT2D eigenvalue weighted by atomic mass is 16.6. The molecule has 1 aromatic carbocycles. The first-order valence-electron chi connectivity index (χ1n) is 8.72. The largest absolute Gasteiger partial charge is 0.444 e. The fourth-order valence-electron chi connectivity index (χ4n) is 4.00. The molecule has 0 spiro atoms. The van der Waals surface area contributed by atoms with E-state index in [-0.39, 0.29) is 18.7 Å². The third-order valence-electron chi connectivity index (χ3n) is 4.94. The van der Waals surface area contributed by atoms with E-state index in [1.165, 1.54) is 5.56 Å². The summed E-state index contributed by atoms with van der Waals surface area (Å²) >= 11 is 0. The zero-order chi connectivity index (χ0) is 17.4. The zero-order valence-electron chi connectivity index (χ0n) is 14.9. The monoisotopic (exact) mass is 332 g/mol. The van der Waals surface area contributed by atoms with E-state index in [0.717, 1.165) is 25.9 Å². The third kappa shape index (κ3) is 3.42. The number of amides is 1. The van der Waals surface area contributed by atoms with E-state index in [9.17, 15) is 9.90 Å². The minimum Gasteiger partial charge on any atom is -0.444 e. The second kappa shape index (κ2) is 6.37. The molecule has 1 amide bonds. The molecule has 2 bridgehead atoms. The Bertz CT molecular complexity index is 584. The fourth-order valence-corrected chi connectivity index (χ4v) is 4.00. The summed E-state index contributed by atoms with van der Waals surface area (Å²) in [6.07, 6.45) is 1.46. The minimum absolute atomic E-state index is 0.0198. The van der Waals surface area contributed by atoms with Crippen LogP contribution in [0.3, 0.4) is 0 Å². The Kier molecular flexibility index (Phi) is 4.58. The average molecular weight is 332 g/mol. The van der Waals surface area contributed by atoms with Crippen molar-refractivity contribution in [2.75, 3.05) is 19.7 Å². The molecule has 2 unspecified atom stereocenters. The SMILES string of the molecule is CC(C)(C)OC(=O)N1C2CCC1(CO)CN(Cc1ccccc1)C2. The topological polar surface area (TPSA) is 53.0 Å². The van der Waals surface area contributed by atoms with Gasteiger partial charge in [-0.3, -0.25) is 9.80 Å². The number of aliphatic hydroxyl groups excluding tert-OH is 1. The van der Waals surface area contributed by atoms with E-state index in [2.05, 4.69) is 17.0 Å². The number of likely N-dealkylation sites (tertiary alicyclic amines) is 1. The quantitative estimate of drug-likeness (QED) is 0.924. The molecule has 2 aliphatic rings. The summed E-state index contributed by atoms with van der Waals surface area (Å²) in [5.41, 5.74) is 0.227. The normalized spacial score (nSPS) is 27.3. The van der Waals surface area contributed by atoms with E-state index in [4.69, 9.17) is 4.74 Å². The summed E-state index contributed by atoms with van der Waals surface area (Å²) in [5, 5.41) is 10.1. The minimum atomic E-state index is -0.520. The van der Waals surface area contributed by atoms with Crippen molar-refractivity contribution in [3.05, 3.63) is 35.9 Å². The van der Waals surface area contributed by atoms with E-state index < -0.39 is 11.1 Å². The predicted molar refractivity (Wildman–Crippen MR) is 92.6 cm³/mol. The number of ether oxygens (including phenoxy) is 1. The van der Waals surface area contributed by atoms with E-state index in [1.54, 1.807) is 0 Å². The number of benzene rings is 1. The standard InChI is InChI=1S/C19H28N2O3/c1-18(2,3)24-17(23)21-16-9-10-19(21,14-22)13-20(12-16)11-15-7-5-4-6-8-15/h4-8,16,22H,9-14H2,1-3H3. The van der Waals surface area contributed by atoms with E-state index >= 15 is 0 Å². The maximum Gasteiger partial charge on any atom is 0.411 e. The summed E-state index contributed by atoms with van der Waals surface area (Å²) < 4.78 is 5.60. The van der Waals surface area contributed by atoms with Crippen LogP contribution in [0, 0.1) is 0 Å². The van der Waals surface area contributed by atoms with Crippen molar-refractivity contribution in [1.82, 2.24) is 9.80 Å². The predicted octanol–water partition coefficient (Wildman–Crippen LogP) is 2.63. The number of fused-ring (bicyclic) bond motifs is 2. The number of aliphatic hydroxyl groups is 1. The van der Waals surface area contributed by atoms with Crippen LogP contribution in [0.5, 0.6) is 0 Å². The lowest BCUT2D eigenvalue weighted by atomic mass is 9.96. The number of nitrogens with zero attached hydrogens (tertiary/aromatic N) is 2. The van der Waals surface area contributed by atoms with E-state index in [0.29, 0.717) is 6.54 Å². The van der Waals surface area contributed by atoms with Gasteiger partial charge in [0.05, 0.1) is 12.1 Å². The van der Waals surface area contributed by atoms with Crippen LogP contribution in [0.15, 0.2) is 30.3 Å². The molecule has 132 valence electrons. The van der Waals surface area contributed by atoms with Gasteiger partial charge in [-0.15, -0.1) is 0 Å². The highest BCUT2D eigenvalue weighted by Gasteiger charge is 2.54. The first kappa shape index (κ1) is 17.2. The highest BCUT2D eigenvalue weighted by Crippen LogP contribution is 2.40. The van der Waals surface area contributed by atoms with Gasteiger partial charge in [0, 0.05) is 25.7 Å². The van der Waals surface area contributed by atoms with Crippen LogP contribution in [-0.2, 0) is 11.3 Å². The summed E-state index contributed by atoms with van der Waals surface area (Å²) in [7, 11) is 0. The smallest absolute Gasteiger partial charge is 0.411 e. The van der Waals surface area contributed by atoms with Gasteiger partial charge >= 0.3 is 6.09 Å². The third-order valence-corrected chi connectivity index (χ3v) is 4.94. The molecular weight excluding hydrogens is 304 g/mol. The van der Waals surface area contributed by atoms with Gasteiger partial charge in [0.2, 0.25) is 0 Å². The number of carbonyl (C=O) groups excluding carboxylic acids is 1. The van der Waals surface area contributed by atoms with Gasteiger partial charge in [0.25, 0.3) is 0 Å². The molecule has 0 aromatic heterocycles. The Labute approximate surface area is 144 Å². The van der Waals surface area contributed by atoms with Crippen LogP contribution in [0.4, 0.5) is 4.79 Å². The summed E-state index contributed by atoms with van der Waals surface area (Å²) in [5.74, 6) is 0. The average Bonchev–Trinajstić information content (AvgIpc) is 2.76. The number of hydrogen-bond acceptors (Lipinski definition) is 4. The molecule has 5 nitrogen and oxygen atoms in total. The van der Waals surface area contributed by atoms with Crippen LogP contribution in [0.1, 0.15) is 39.2 Å². The Hall–Kier alpha value is -1.59.